The molecular formula is C11H21N3. The molecule has 1 saturated heterocycles. The predicted octanol–water partition coefficient (Wildman–Crippen LogP) is 1.11. The van der Waals surface area contributed by atoms with Gasteiger partial charge in [-0.3, -0.25) is 4.99 Å². The number of amidine groups is 1. The topological polar surface area (TPSA) is 27.6 Å². The normalized spacial score (nSPS) is 28.9. The molecule has 1 fully saturated rings. The molecule has 80 valence electrons. The molecule has 1 unspecified atom stereocenters. The number of hydrogen-bond acceptors (Lipinski definition) is 3. The molecule has 0 amide bonds. The number of likely N-dealkylation sites (tertiary alicyclic amines) is 1. The van der Waals surface area contributed by atoms with E-state index in [9.17, 15) is 0 Å². The van der Waals surface area contributed by atoms with E-state index in [1.807, 2.05) is 0 Å². The summed E-state index contributed by atoms with van der Waals surface area (Å²) in [6.07, 6.45) is 5.15. The Balaban J connectivity index is 1.69. The van der Waals surface area contributed by atoms with Crippen LogP contribution >= 0.6 is 0 Å². The summed E-state index contributed by atoms with van der Waals surface area (Å²) in [4.78, 5) is 6.87. The van der Waals surface area contributed by atoms with Gasteiger partial charge in [0.2, 0.25) is 0 Å². The minimum absolute atomic E-state index is 0.831. The molecule has 3 heteroatoms. The molecule has 0 bridgehead atoms. The molecule has 0 aliphatic carbocycles. The Morgan fingerprint density at radius 1 is 1.50 bits per heavy atom. The average Bonchev–Trinajstić information content (AvgIpc) is 2.67. The lowest BCUT2D eigenvalue weighted by Gasteiger charge is -2.29. The summed E-state index contributed by atoms with van der Waals surface area (Å²) in [6.45, 7) is 4.69. The first kappa shape index (κ1) is 9.97. The summed E-state index contributed by atoms with van der Waals surface area (Å²) in [6, 6.07) is 0. The van der Waals surface area contributed by atoms with Gasteiger partial charge in [0.15, 0.2) is 0 Å². The highest BCUT2D eigenvalue weighted by molar-refractivity contribution is 5.83. The van der Waals surface area contributed by atoms with Crippen LogP contribution in [0.4, 0.5) is 0 Å². The van der Waals surface area contributed by atoms with Gasteiger partial charge in [0.25, 0.3) is 0 Å². The Hall–Kier alpha value is -0.570. The number of nitrogens with zero attached hydrogens (tertiary/aromatic N) is 2. The van der Waals surface area contributed by atoms with Gasteiger partial charge < -0.3 is 10.2 Å². The molecule has 2 aliphatic rings. The zero-order valence-corrected chi connectivity index (χ0v) is 9.13. The predicted molar refractivity (Wildman–Crippen MR) is 59.8 cm³/mol. The van der Waals surface area contributed by atoms with Crippen LogP contribution in [0.1, 0.15) is 25.7 Å². The van der Waals surface area contributed by atoms with Crippen molar-refractivity contribution in [3.63, 3.8) is 0 Å². The summed E-state index contributed by atoms with van der Waals surface area (Å²) in [5, 5.41) is 3.50. The van der Waals surface area contributed by atoms with Crippen LogP contribution in [0.2, 0.25) is 0 Å². The fourth-order valence-corrected chi connectivity index (χ4v) is 2.39. The fourth-order valence-electron chi connectivity index (χ4n) is 2.39. The largest absolute Gasteiger partial charge is 0.374 e. The van der Waals surface area contributed by atoms with Gasteiger partial charge in [-0.15, -0.1) is 0 Å². The first-order valence-corrected chi connectivity index (χ1v) is 5.80. The Bertz CT molecular complexity index is 213. The minimum Gasteiger partial charge on any atom is -0.374 e. The van der Waals surface area contributed by atoms with Crippen molar-refractivity contribution in [2.75, 3.05) is 33.2 Å². The summed E-state index contributed by atoms with van der Waals surface area (Å²) in [5.41, 5.74) is 0. The second kappa shape index (κ2) is 4.78. The van der Waals surface area contributed by atoms with Gasteiger partial charge in [0.1, 0.15) is 0 Å². The molecule has 0 aromatic heterocycles. The van der Waals surface area contributed by atoms with Crippen LogP contribution in [0.3, 0.4) is 0 Å². The minimum atomic E-state index is 0.831. The maximum atomic E-state index is 4.43. The highest BCUT2D eigenvalue weighted by Gasteiger charge is 2.17. The average molecular weight is 195 g/mol. The first-order chi connectivity index (χ1) is 6.84. The van der Waals surface area contributed by atoms with Gasteiger partial charge in [0.05, 0.1) is 5.84 Å². The van der Waals surface area contributed by atoms with Crippen molar-refractivity contribution in [2.24, 2.45) is 10.9 Å². The summed E-state index contributed by atoms with van der Waals surface area (Å²) in [5.74, 6) is 2.08. The van der Waals surface area contributed by atoms with Crippen molar-refractivity contribution < 1.29 is 0 Å². The van der Waals surface area contributed by atoms with E-state index < -0.39 is 0 Å². The maximum absolute atomic E-state index is 4.43. The Morgan fingerprint density at radius 3 is 3.14 bits per heavy atom. The van der Waals surface area contributed by atoms with Gasteiger partial charge >= 0.3 is 0 Å². The van der Waals surface area contributed by atoms with E-state index in [2.05, 4.69) is 22.3 Å². The van der Waals surface area contributed by atoms with E-state index in [1.54, 1.807) is 0 Å². The molecular weight excluding hydrogens is 174 g/mol. The Labute approximate surface area is 86.6 Å². The van der Waals surface area contributed by atoms with Gasteiger partial charge in [-0.2, -0.15) is 0 Å². The second-order valence-electron chi connectivity index (χ2n) is 4.58. The van der Waals surface area contributed by atoms with Crippen molar-refractivity contribution >= 4 is 5.84 Å². The molecule has 1 N–H and O–H groups in total. The lowest BCUT2D eigenvalue weighted by atomic mass is 9.98. The molecule has 2 rings (SSSR count). The van der Waals surface area contributed by atoms with Crippen LogP contribution in [0.15, 0.2) is 4.99 Å². The molecule has 0 aromatic rings. The third-order valence-corrected chi connectivity index (χ3v) is 3.19. The highest BCUT2D eigenvalue weighted by Crippen LogP contribution is 2.14. The van der Waals surface area contributed by atoms with E-state index in [4.69, 9.17) is 0 Å². The van der Waals surface area contributed by atoms with E-state index in [-0.39, 0.29) is 0 Å². The molecule has 0 radical (unpaired) electrons. The van der Waals surface area contributed by atoms with Crippen molar-refractivity contribution in [1.82, 2.24) is 10.2 Å². The standard InChI is InChI=1S/C11H21N3/c1-14-7-3-4-10(9-14)8-13-11-5-2-6-12-11/h10H,2-9H2,1H3,(H,12,13). The van der Waals surface area contributed by atoms with Crippen LogP contribution in [0.25, 0.3) is 0 Å². The molecule has 2 heterocycles. The SMILES string of the molecule is CN1CCCC(CNC2=NCCC2)C1. The van der Waals surface area contributed by atoms with Gasteiger partial charge in [-0.25, -0.2) is 0 Å². The van der Waals surface area contributed by atoms with Crippen LogP contribution in [-0.2, 0) is 0 Å². The van der Waals surface area contributed by atoms with Crippen LogP contribution in [-0.4, -0.2) is 44.0 Å². The van der Waals surface area contributed by atoms with E-state index in [0.717, 1.165) is 19.0 Å². The third-order valence-electron chi connectivity index (χ3n) is 3.19. The molecule has 0 aromatic carbocycles. The maximum Gasteiger partial charge on any atom is 0.0963 e. The molecule has 0 spiro atoms. The highest BCUT2D eigenvalue weighted by atomic mass is 15.1. The van der Waals surface area contributed by atoms with Gasteiger partial charge in [-0.1, -0.05) is 0 Å². The van der Waals surface area contributed by atoms with E-state index in [0.29, 0.717) is 0 Å². The lowest BCUT2D eigenvalue weighted by Crippen LogP contribution is -2.38. The van der Waals surface area contributed by atoms with Crippen LogP contribution in [0.5, 0.6) is 0 Å². The molecule has 0 saturated carbocycles. The molecule has 1 atom stereocenters. The smallest absolute Gasteiger partial charge is 0.0963 e. The molecule has 14 heavy (non-hydrogen) atoms. The molecule has 3 nitrogen and oxygen atoms in total. The number of nitrogens with one attached hydrogen (secondary N) is 1. The number of aliphatic imine (C=N–C) groups is 1. The molecule has 2 aliphatic heterocycles. The van der Waals surface area contributed by atoms with E-state index in [1.165, 1.54) is 44.6 Å². The number of rotatable bonds is 2. The lowest BCUT2D eigenvalue weighted by molar-refractivity contribution is 0.210. The van der Waals surface area contributed by atoms with Crippen LogP contribution < -0.4 is 5.32 Å². The summed E-state index contributed by atoms with van der Waals surface area (Å²) >= 11 is 0. The zero-order valence-electron chi connectivity index (χ0n) is 9.13. The van der Waals surface area contributed by atoms with Gasteiger partial charge in [-0.05, 0) is 38.8 Å². The van der Waals surface area contributed by atoms with Crippen molar-refractivity contribution in [3.05, 3.63) is 0 Å². The quantitative estimate of drug-likeness (QED) is 0.715. The second-order valence-corrected chi connectivity index (χ2v) is 4.58. The van der Waals surface area contributed by atoms with Crippen molar-refractivity contribution in [1.29, 1.82) is 0 Å². The Morgan fingerprint density at radius 2 is 2.43 bits per heavy atom. The van der Waals surface area contributed by atoms with Crippen molar-refractivity contribution in [3.8, 4) is 0 Å². The Kier molecular flexibility index (Phi) is 3.40. The van der Waals surface area contributed by atoms with Gasteiger partial charge in [0, 0.05) is 26.1 Å². The monoisotopic (exact) mass is 195 g/mol. The fraction of sp³-hybridized carbons (Fsp3) is 0.909. The zero-order chi connectivity index (χ0) is 9.80. The van der Waals surface area contributed by atoms with Crippen LogP contribution in [0, 0.1) is 5.92 Å². The first-order valence-electron chi connectivity index (χ1n) is 5.80. The summed E-state index contributed by atoms with van der Waals surface area (Å²) < 4.78 is 0. The number of piperidine rings is 1. The van der Waals surface area contributed by atoms with Crippen molar-refractivity contribution in [2.45, 2.75) is 25.7 Å². The van der Waals surface area contributed by atoms with E-state index >= 15 is 0 Å². The summed E-state index contributed by atoms with van der Waals surface area (Å²) in [7, 11) is 2.22. The third kappa shape index (κ3) is 2.71. The number of hydrogen-bond donors (Lipinski definition) is 1.